The smallest absolute Gasteiger partial charge is 0.225 e. The Bertz CT molecular complexity index is 661. The normalized spacial score (nSPS) is 31.8. The van der Waals surface area contributed by atoms with Crippen LogP contribution in [0, 0.1) is 29.4 Å². The fourth-order valence-corrected chi connectivity index (χ4v) is 5.14. The van der Waals surface area contributed by atoms with Crippen LogP contribution in [-0.2, 0) is 4.79 Å². The van der Waals surface area contributed by atoms with Gasteiger partial charge in [0.25, 0.3) is 0 Å². The molecule has 2 saturated carbocycles. The SMILES string of the molecule is NC1C2CCCC1CC(C(=O)N1CCN(c3cc(F)ccc3F)CC1)C2. The molecule has 4 rings (SSSR count). The molecule has 3 fully saturated rings. The van der Waals surface area contributed by atoms with Gasteiger partial charge in [-0.2, -0.15) is 0 Å². The van der Waals surface area contributed by atoms with Gasteiger partial charge in [-0.25, -0.2) is 8.78 Å². The molecule has 6 heteroatoms. The summed E-state index contributed by atoms with van der Waals surface area (Å²) in [5.74, 6) is 0.430. The number of carbonyl (C=O) groups is 1. The number of hydrogen-bond donors (Lipinski definition) is 1. The largest absolute Gasteiger partial charge is 0.366 e. The standard InChI is InChI=1S/C20H27F2N3O/c21-16-4-5-17(22)18(12-16)24-6-8-25(9-7-24)20(26)15-10-13-2-1-3-14(11-15)19(13)23/h4-5,12-15,19H,1-3,6-11,23H2. The minimum atomic E-state index is -0.440. The Labute approximate surface area is 153 Å². The lowest BCUT2D eigenvalue weighted by Crippen LogP contribution is -2.53. The molecule has 142 valence electrons. The van der Waals surface area contributed by atoms with Crippen molar-refractivity contribution < 1.29 is 13.6 Å². The van der Waals surface area contributed by atoms with E-state index in [0.29, 0.717) is 38.0 Å². The molecule has 1 aromatic rings. The third-order valence-electron chi connectivity index (χ3n) is 6.60. The second-order valence-corrected chi connectivity index (χ2v) is 8.10. The maximum Gasteiger partial charge on any atom is 0.225 e. The third kappa shape index (κ3) is 3.31. The Hall–Kier alpha value is -1.69. The van der Waals surface area contributed by atoms with Gasteiger partial charge in [0.2, 0.25) is 5.91 Å². The topological polar surface area (TPSA) is 49.6 Å². The Morgan fingerprint density at radius 1 is 1.04 bits per heavy atom. The highest BCUT2D eigenvalue weighted by atomic mass is 19.1. The van der Waals surface area contributed by atoms with Crippen molar-refractivity contribution in [1.82, 2.24) is 4.90 Å². The lowest BCUT2D eigenvalue weighted by Gasteiger charge is -2.45. The van der Waals surface area contributed by atoms with Crippen LogP contribution < -0.4 is 10.6 Å². The van der Waals surface area contributed by atoms with Crippen LogP contribution in [0.15, 0.2) is 18.2 Å². The molecule has 0 aromatic heterocycles. The van der Waals surface area contributed by atoms with Crippen LogP contribution in [0.4, 0.5) is 14.5 Å². The number of nitrogens with zero attached hydrogens (tertiary/aromatic N) is 2. The summed E-state index contributed by atoms with van der Waals surface area (Å²) in [6, 6.07) is 3.78. The molecule has 2 N–H and O–H groups in total. The summed E-state index contributed by atoms with van der Waals surface area (Å²) in [5, 5.41) is 0. The number of fused-ring (bicyclic) bond motifs is 2. The zero-order valence-corrected chi connectivity index (χ0v) is 15.0. The van der Waals surface area contributed by atoms with Crippen molar-refractivity contribution in [3.8, 4) is 0 Å². The van der Waals surface area contributed by atoms with Crippen LogP contribution in [0.5, 0.6) is 0 Å². The van der Waals surface area contributed by atoms with Gasteiger partial charge in [-0.3, -0.25) is 4.79 Å². The van der Waals surface area contributed by atoms with E-state index in [4.69, 9.17) is 5.73 Å². The number of amides is 1. The van der Waals surface area contributed by atoms with Crippen molar-refractivity contribution in [2.24, 2.45) is 23.5 Å². The van der Waals surface area contributed by atoms with Crippen molar-refractivity contribution >= 4 is 11.6 Å². The zero-order chi connectivity index (χ0) is 18.3. The summed E-state index contributed by atoms with van der Waals surface area (Å²) >= 11 is 0. The number of halogens is 2. The van der Waals surface area contributed by atoms with Crippen molar-refractivity contribution in [1.29, 1.82) is 0 Å². The number of piperazine rings is 1. The lowest BCUT2D eigenvalue weighted by atomic mass is 9.65. The Kier molecular flexibility index (Phi) is 4.86. The summed E-state index contributed by atoms with van der Waals surface area (Å²) in [7, 11) is 0. The first-order valence-electron chi connectivity index (χ1n) is 9.77. The van der Waals surface area contributed by atoms with E-state index < -0.39 is 11.6 Å². The first-order chi connectivity index (χ1) is 12.5. The second kappa shape index (κ2) is 7.14. The fourth-order valence-electron chi connectivity index (χ4n) is 5.14. The van der Waals surface area contributed by atoms with Gasteiger partial charge in [-0.1, -0.05) is 6.42 Å². The van der Waals surface area contributed by atoms with Gasteiger partial charge in [-0.05, 0) is 49.7 Å². The van der Waals surface area contributed by atoms with Crippen LogP contribution >= 0.6 is 0 Å². The molecule has 4 nitrogen and oxygen atoms in total. The summed E-state index contributed by atoms with van der Waals surface area (Å²) < 4.78 is 27.4. The van der Waals surface area contributed by atoms with Gasteiger partial charge >= 0.3 is 0 Å². The molecule has 1 heterocycles. The van der Waals surface area contributed by atoms with Crippen molar-refractivity contribution in [2.45, 2.75) is 38.1 Å². The van der Waals surface area contributed by atoms with E-state index in [1.807, 2.05) is 9.80 Å². The summed E-state index contributed by atoms with van der Waals surface area (Å²) in [6.45, 7) is 2.19. The molecule has 2 unspecified atom stereocenters. The highest BCUT2D eigenvalue weighted by Crippen LogP contribution is 2.42. The third-order valence-corrected chi connectivity index (χ3v) is 6.60. The highest BCUT2D eigenvalue weighted by molar-refractivity contribution is 5.79. The number of anilines is 1. The minimum absolute atomic E-state index is 0.0857. The van der Waals surface area contributed by atoms with Crippen LogP contribution in [0.2, 0.25) is 0 Å². The first kappa shape index (κ1) is 17.7. The van der Waals surface area contributed by atoms with Gasteiger partial charge in [0.1, 0.15) is 11.6 Å². The monoisotopic (exact) mass is 363 g/mol. The molecule has 1 saturated heterocycles. The van der Waals surface area contributed by atoms with Gasteiger partial charge < -0.3 is 15.5 Å². The second-order valence-electron chi connectivity index (χ2n) is 8.10. The molecule has 0 radical (unpaired) electrons. The molecule has 1 aliphatic heterocycles. The molecule has 2 bridgehead atoms. The Morgan fingerprint density at radius 2 is 1.69 bits per heavy atom. The summed E-state index contributed by atoms with van der Waals surface area (Å²) in [5.41, 5.74) is 6.62. The minimum Gasteiger partial charge on any atom is -0.366 e. The molecule has 2 aliphatic carbocycles. The molecule has 0 spiro atoms. The molecule has 2 atom stereocenters. The average Bonchev–Trinajstić information content (AvgIpc) is 2.63. The van der Waals surface area contributed by atoms with Crippen molar-refractivity contribution in [2.75, 3.05) is 31.1 Å². The number of benzene rings is 1. The molecule has 26 heavy (non-hydrogen) atoms. The summed E-state index contributed by atoms with van der Waals surface area (Å²) in [6.07, 6.45) is 5.36. The average molecular weight is 363 g/mol. The van der Waals surface area contributed by atoms with Crippen LogP contribution in [0.1, 0.15) is 32.1 Å². The van der Waals surface area contributed by atoms with Crippen molar-refractivity contribution in [3.63, 3.8) is 0 Å². The lowest BCUT2D eigenvalue weighted by molar-refractivity contribution is -0.138. The van der Waals surface area contributed by atoms with Gasteiger partial charge in [0.15, 0.2) is 0 Å². The molecule has 1 amide bonds. The van der Waals surface area contributed by atoms with E-state index in [-0.39, 0.29) is 23.6 Å². The van der Waals surface area contributed by atoms with E-state index in [1.165, 1.54) is 12.5 Å². The van der Waals surface area contributed by atoms with Gasteiger partial charge in [-0.15, -0.1) is 0 Å². The van der Waals surface area contributed by atoms with E-state index in [1.54, 1.807) is 0 Å². The molecular formula is C20H27F2N3O. The maximum absolute atomic E-state index is 14.0. The fraction of sp³-hybridized carbons (Fsp3) is 0.650. The predicted octanol–water partition coefficient (Wildman–Crippen LogP) is 2.77. The quantitative estimate of drug-likeness (QED) is 0.879. The van der Waals surface area contributed by atoms with E-state index in [2.05, 4.69) is 0 Å². The number of hydrogen-bond acceptors (Lipinski definition) is 3. The number of carbonyl (C=O) groups excluding carboxylic acids is 1. The molecule has 1 aromatic carbocycles. The molecule has 3 aliphatic rings. The van der Waals surface area contributed by atoms with Gasteiger partial charge in [0.05, 0.1) is 5.69 Å². The van der Waals surface area contributed by atoms with Crippen molar-refractivity contribution in [3.05, 3.63) is 29.8 Å². The van der Waals surface area contributed by atoms with E-state index in [0.717, 1.165) is 37.8 Å². The predicted molar refractivity (Wildman–Crippen MR) is 96.7 cm³/mol. The Morgan fingerprint density at radius 3 is 2.35 bits per heavy atom. The Balaban J connectivity index is 1.37. The van der Waals surface area contributed by atoms with Crippen LogP contribution in [0.3, 0.4) is 0 Å². The zero-order valence-electron chi connectivity index (χ0n) is 15.0. The number of rotatable bonds is 2. The van der Waals surface area contributed by atoms with E-state index in [9.17, 15) is 13.6 Å². The maximum atomic E-state index is 14.0. The van der Waals surface area contributed by atoms with E-state index >= 15 is 0 Å². The number of nitrogens with two attached hydrogens (primary N) is 1. The molecular weight excluding hydrogens is 336 g/mol. The summed E-state index contributed by atoms with van der Waals surface area (Å²) in [4.78, 5) is 16.7. The van der Waals surface area contributed by atoms with Gasteiger partial charge in [0, 0.05) is 44.2 Å². The van der Waals surface area contributed by atoms with Crippen LogP contribution in [0.25, 0.3) is 0 Å². The van der Waals surface area contributed by atoms with Crippen LogP contribution in [-0.4, -0.2) is 43.0 Å². The highest BCUT2D eigenvalue weighted by Gasteiger charge is 2.41. The first-order valence-corrected chi connectivity index (χ1v) is 9.77.